The molecule has 0 aromatic heterocycles. The van der Waals surface area contributed by atoms with Crippen LogP contribution in [0.25, 0.3) is 11.1 Å². The minimum absolute atomic E-state index is 0.657. The Morgan fingerprint density at radius 2 is 1.00 bits per heavy atom. The van der Waals surface area contributed by atoms with Crippen LogP contribution in [0.4, 0.5) is 0 Å². The first-order valence-corrected chi connectivity index (χ1v) is 15.0. The molecule has 0 N–H and O–H groups in total. The lowest BCUT2D eigenvalue weighted by molar-refractivity contribution is 0.406. The second-order valence-electron chi connectivity index (χ2n) is 11.3. The first kappa shape index (κ1) is 25.1. The molecule has 3 aliphatic rings. The topological polar surface area (TPSA) is 18.5 Å². The van der Waals surface area contributed by atoms with Crippen molar-refractivity contribution >= 4 is 14.5 Å². The Balaban J connectivity index is 1.76. The molecule has 5 rings (SSSR count). The number of hydrogen-bond acceptors (Lipinski definition) is 2. The summed E-state index contributed by atoms with van der Waals surface area (Å²) in [5, 5.41) is 1.14. The molecule has 0 saturated heterocycles. The van der Waals surface area contributed by atoms with E-state index in [9.17, 15) is 0 Å². The van der Waals surface area contributed by atoms with Crippen molar-refractivity contribution in [3.63, 3.8) is 0 Å². The highest BCUT2D eigenvalue weighted by Gasteiger charge is 2.30. The third-order valence-electron chi connectivity index (χ3n) is 9.25. The summed E-state index contributed by atoms with van der Waals surface area (Å²) in [6.45, 7) is 0. The van der Waals surface area contributed by atoms with E-state index in [1.54, 1.807) is 23.8 Å². The van der Waals surface area contributed by atoms with Gasteiger partial charge in [0.1, 0.15) is 11.5 Å². The third kappa shape index (κ3) is 5.29. The summed E-state index contributed by atoms with van der Waals surface area (Å²) >= 11 is 0. The molecule has 0 radical (unpaired) electrons. The van der Waals surface area contributed by atoms with E-state index in [4.69, 9.17) is 9.47 Å². The van der Waals surface area contributed by atoms with Gasteiger partial charge >= 0.3 is 0 Å². The van der Waals surface area contributed by atoms with Gasteiger partial charge in [0.25, 0.3) is 0 Å². The first-order chi connectivity index (χ1) is 17.2. The molecule has 3 heteroatoms. The lowest BCUT2D eigenvalue weighted by Crippen LogP contribution is -2.16. The second-order valence-corrected chi connectivity index (χ2v) is 11.9. The van der Waals surface area contributed by atoms with Gasteiger partial charge in [-0.25, -0.2) is 0 Å². The Morgan fingerprint density at radius 3 is 1.46 bits per heavy atom. The fraction of sp³-hybridized carbons (Fsp3) is 0.625. The lowest BCUT2D eigenvalue weighted by atomic mass is 9.72. The summed E-state index contributed by atoms with van der Waals surface area (Å²) in [5.41, 5.74) is 7.62. The molecule has 2 nitrogen and oxygen atoms in total. The number of ether oxygens (including phenoxy) is 2. The van der Waals surface area contributed by atoms with Crippen molar-refractivity contribution in [3.05, 3.63) is 41.0 Å². The zero-order valence-corrected chi connectivity index (χ0v) is 23.2. The number of rotatable bonds is 6. The molecule has 3 fully saturated rings. The van der Waals surface area contributed by atoms with E-state index < -0.39 is 0 Å². The van der Waals surface area contributed by atoms with Crippen LogP contribution < -0.4 is 14.8 Å². The van der Waals surface area contributed by atoms with E-state index in [0.717, 1.165) is 22.7 Å². The van der Waals surface area contributed by atoms with Gasteiger partial charge in [0.05, 0.1) is 14.2 Å². The summed E-state index contributed by atoms with van der Waals surface area (Å²) in [7, 11) is 6.62. The smallest absolute Gasteiger partial charge is 0.127 e. The highest BCUT2D eigenvalue weighted by atomic mass is 31.0. The van der Waals surface area contributed by atoms with Crippen molar-refractivity contribution in [2.24, 2.45) is 0 Å². The van der Waals surface area contributed by atoms with Crippen LogP contribution in [0.1, 0.15) is 131 Å². The number of benzene rings is 2. The van der Waals surface area contributed by atoms with Crippen LogP contribution in [0, 0.1) is 0 Å². The van der Waals surface area contributed by atoms with Crippen molar-refractivity contribution < 1.29 is 9.47 Å². The Labute approximate surface area is 215 Å². The van der Waals surface area contributed by atoms with Gasteiger partial charge in [0.15, 0.2) is 0 Å². The maximum absolute atomic E-state index is 6.04. The average molecular weight is 493 g/mol. The minimum atomic E-state index is 0.657. The van der Waals surface area contributed by atoms with Crippen molar-refractivity contribution in [1.29, 1.82) is 0 Å². The maximum Gasteiger partial charge on any atom is 0.127 e. The van der Waals surface area contributed by atoms with Gasteiger partial charge in [-0.15, -0.1) is 9.24 Å². The van der Waals surface area contributed by atoms with Crippen molar-refractivity contribution in [2.45, 2.75) is 114 Å². The highest BCUT2D eigenvalue weighted by Crippen LogP contribution is 2.49. The van der Waals surface area contributed by atoms with Crippen LogP contribution in [-0.4, -0.2) is 14.2 Å². The third-order valence-corrected chi connectivity index (χ3v) is 9.82. The van der Waals surface area contributed by atoms with E-state index in [0.29, 0.717) is 11.8 Å². The standard InChI is InChI=1S/C32H45O2P/c1-33-28-18-19-29(34-2)32(35)31(28)30-26(23-14-8-4-9-15-23)20-25(22-12-6-3-7-13-22)21-27(30)24-16-10-5-11-17-24/h18-24H,3-17,35H2,1-2H3. The van der Waals surface area contributed by atoms with Gasteiger partial charge in [0.2, 0.25) is 0 Å². The van der Waals surface area contributed by atoms with Crippen molar-refractivity contribution in [3.8, 4) is 22.6 Å². The van der Waals surface area contributed by atoms with Gasteiger partial charge in [-0.05, 0) is 90.7 Å². The largest absolute Gasteiger partial charge is 0.496 e. The first-order valence-electron chi connectivity index (χ1n) is 14.4. The van der Waals surface area contributed by atoms with Crippen LogP contribution in [0.15, 0.2) is 24.3 Å². The minimum Gasteiger partial charge on any atom is -0.496 e. The van der Waals surface area contributed by atoms with Crippen molar-refractivity contribution in [2.75, 3.05) is 14.2 Å². The van der Waals surface area contributed by atoms with Crippen LogP contribution >= 0.6 is 9.24 Å². The van der Waals surface area contributed by atoms with Crippen LogP contribution in [0.3, 0.4) is 0 Å². The molecule has 190 valence electrons. The Bertz CT molecular complexity index is 956. The quantitative estimate of drug-likeness (QED) is 0.375. The number of hydrogen-bond donors (Lipinski definition) is 0. The van der Waals surface area contributed by atoms with E-state index in [1.165, 1.54) is 107 Å². The zero-order chi connectivity index (χ0) is 24.2. The molecule has 3 aliphatic carbocycles. The van der Waals surface area contributed by atoms with Crippen LogP contribution in [0.2, 0.25) is 0 Å². The summed E-state index contributed by atoms with van der Waals surface area (Å²) in [6, 6.07) is 9.50. The summed E-state index contributed by atoms with van der Waals surface area (Å²) in [5.74, 6) is 3.97. The second kappa shape index (κ2) is 11.7. The molecule has 3 saturated carbocycles. The van der Waals surface area contributed by atoms with Crippen LogP contribution in [-0.2, 0) is 0 Å². The summed E-state index contributed by atoms with van der Waals surface area (Å²) in [4.78, 5) is 0. The monoisotopic (exact) mass is 492 g/mol. The van der Waals surface area contributed by atoms with Crippen molar-refractivity contribution in [1.82, 2.24) is 0 Å². The Morgan fingerprint density at radius 1 is 0.571 bits per heavy atom. The van der Waals surface area contributed by atoms with E-state index in [1.807, 2.05) is 7.11 Å². The predicted molar refractivity (Wildman–Crippen MR) is 152 cm³/mol. The Hall–Kier alpha value is -1.53. The molecule has 2 aromatic rings. The number of methoxy groups -OCH3 is 2. The molecular weight excluding hydrogens is 447 g/mol. The molecule has 1 atom stereocenters. The molecule has 0 heterocycles. The molecule has 0 spiro atoms. The van der Waals surface area contributed by atoms with E-state index in [-0.39, 0.29) is 0 Å². The Kier molecular flexibility index (Phi) is 8.39. The summed E-state index contributed by atoms with van der Waals surface area (Å²) < 4.78 is 11.9. The highest BCUT2D eigenvalue weighted by molar-refractivity contribution is 7.28. The summed E-state index contributed by atoms with van der Waals surface area (Å²) in [6.07, 6.45) is 20.4. The van der Waals surface area contributed by atoms with Gasteiger partial charge < -0.3 is 9.47 Å². The fourth-order valence-corrected chi connectivity index (χ4v) is 7.83. The predicted octanol–water partition coefficient (Wildman–Crippen LogP) is 9.01. The molecule has 35 heavy (non-hydrogen) atoms. The van der Waals surface area contributed by atoms with Gasteiger partial charge in [0, 0.05) is 10.9 Å². The molecule has 2 aromatic carbocycles. The average Bonchev–Trinajstić information content (AvgIpc) is 2.93. The SMILES string of the molecule is COc1ccc(OC)c(-c2c(C3CCCCC3)cc(C3CCCCC3)cc2C2CCCCC2)c1P. The maximum atomic E-state index is 6.04. The van der Waals surface area contributed by atoms with E-state index >= 15 is 0 Å². The van der Waals surface area contributed by atoms with Crippen LogP contribution in [0.5, 0.6) is 11.5 Å². The molecule has 0 bridgehead atoms. The fourth-order valence-electron chi connectivity index (χ4n) is 7.33. The van der Waals surface area contributed by atoms with E-state index in [2.05, 4.69) is 33.5 Å². The molecule has 1 unspecified atom stereocenters. The van der Waals surface area contributed by atoms with Gasteiger partial charge in [-0.3, -0.25) is 0 Å². The normalized spacial score (nSPS) is 20.7. The lowest BCUT2D eigenvalue weighted by Gasteiger charge is -2.33. The molecule has 0 amide bonds. The van der Waals surface area contributed by atoms with Gasteiger partial charge in [-0.2, -0.15) is 0 Å². The molecular formula is C32H45O2P. The molecule has 0 aliphatic heterocycles. The zero-order valence-electron chi connectivity index (χ0n) is 22.0. The van der Waals surface area contributed by atoms with Gasteiger partial charge in [-0.1, -0.05) is 69.9 Å².